The molecule has 0 bridgehead atoms. The average molecular weight is 380 g/mol. The van der Waals surface area contributed by atoms with Crippen molar-refractivity contribution in [2.24, 2.45) is 11.8 Å². The molecule has 0 N–H and O–H groups in total. The molecule has 1 unspecified atom stereocenters. The highest BCUT2D eigenvalue weighted by atomic mass is 15.2. The summed E-state index contributed by atoms with van der Waals surface area (Å²) in [6.07, 6.45) is 23.1. The van der Waals surface area contributed by atoms with Gasteiger partial charge in [0.15, 0.2) is 0 Å². The average Bonchev–Trinajstić information content (AvgIpc) is 2.76. The third-order valence-electron chi connectivity index (χ3n) is 6.24. The molecule has 152 valence electrons. The molecular formula is C25H37N3. The first-order valence-corrected chi connectivity index (χ1v) is 11.1. The fourth-order valence-electron chi connectivity index (χ4n) is 4.41. The van der Waals surface area contributed by atoms with Crippen LogP contribution < -0.4 is 0 Å². The van der Waals surface area contributed by atoms with Gasteiger partial charge in [0.05, 0.1) is 0 Å². The number of rotatable bonds is 9. The van der Waals surface area contributed by atoms with Crippen LogP contribution in [0.3, 0.4) is 0 Å². The van der Waals surface area contributed by atoms with Crippen LogP contribution in [0.4, 0.5) is 0 Å². The number of likely N-dealkylation sites (tertiary alicyclic amines) is 1. The van der Waals surface area contributed by atoms with Crippen LogP contribution in [0, 0.1) is 11.8 Å². The van der Waals surface area contributed by atoms with Gasteiger partial charge in [0.25, 0.3) is 0 Å². The van der Waals surface area contributed by atoms with Crippen molar-refractivity contribution in [3.05, 3.63) is 60.5 Å². The Kier molecular flexibility index (Phi) is 8.35. The lowest BCUT2D eigenvalue weighted by atomic mass is 9.87. The molecule has 0 spiro atoms. The standard InChI is InChI=1S/C25H37N3/c1-3-8-25(24-11-7-16-26-21-24)27(2)19-20-28-17-14-23(15-18-28)13-12-22-9-5-4-6-10-22/h4-9,11,16,21-23H,3,10,12-15,17-20H2,1-2H3/b25-8-. The van der Waals surface area contributed by atoms with E-state index in [0.717, 1.165) is 31.3 Å². The van der Waals surface area contributed by atoms with Crippen molar-refractivity contribution in [1.29, 1.82) is 0 Å². The molecule has 0 amide bonds. The van der Waals surface area contributed by atoms with Crippen molar-refractivity contribution in [1.82, 2.24) is 14.8 Å². The molecule has 2 heterocycles. The van der Waals surface area contributed by atoms with Crippen LogP contribution in [0.1, 0.15) is 51.0 Å². The first-order valence-electron chi connectivity index (χ1n) is 11.1. The van der Waals surface area contributed by atoms with E-state index in [4.69, 9.17) is 0 Å². The lowest BCUT2D eigenvalue weighted by Gasteiger charge is -2.34. The van der Waals surface area contributed by atoms with Gasteiger partial charge in [-0.2, -0.15) is 0 Å². The number of hydrogen-bond donors (Lipinski definition) is 0. The molecule has 1 aromatic rings. The number of pyridine rings is 1. The molecule has 3 heteroatoms. The molecule has 28 heavy (non-hydrogen) atoms. The lowest BCUT2D eigenvalue weighted by molar-refractivity contribution is 0.167. The summed E-state index contributed by atoms with van der Waals surface area (Å²) in [5, 5.41) is 0. The third-order valence-corrected chi connectivity index (χ3v) is 6.24. The largest absolute Gasteiger partial charge is 0.373 e. The highest BCUT2D eigenvalue weighted by Crippen LogP contribution is 2.27. The van der Waals surface area contributed by atoms with Gasteiger partial charge >= 0.3 is 0 Å². The molecule has 1 saturated heterocycles. The fourth-order valence-corrected chi connectivity index (χ4v) is 4.41. The van der Waals surface area contributed by atoms with Crippen LogP contribution in [0.15, 0.2) is 54.9 Å². The number of aromatic nitrogens is 1. The van der Waals surface area contributed by atoms with Gasteiger partial charge < -0.3 is 9.80 Å². The molecule has 1 aliphatic heterocycles. The molecule has 1 aromatic heterocycles. The van der Waals surface area contributed by atoms with Gasteiger partial charge in [-0.05, 0) is 75.6 Å². The summed E-state index contributed by atoms with van der Waals surface area (Å²) >= 11 is 0. The number of nitrogens with zero attached hydrogens (tertiary/aromatic N) is 3. The Morgan fingerprint density at radius 3 is 2.79 bits per heavy atom. The Morgan fingerprint density at radius 1 is 1.25 bits per heavy atom. The number of allylic oxidation sites excluding steroid dienone is 5. The van der Waals surface area contributed by atoms with E-state index in [0.29, 0.717) is 0 Å². The molecular weight excluding hydrogens is 342 g/mol. The second-order valence-corrected chi connectivity index (χ2v) is 8.33. The van der Waals surface area contributed by atoms with Gasteiger partial charge in [0.1, 0.15) is 0 Å². The number of likely N-dealkylation sites (N-methyl/N-ethyl adjacent to an activating group) is 1. The van der Waals surface area contributed by atoms with E-state index < -0.39 is 0 Å². The van der Waals surface area contributed by atoms with E-state index in [-0.39, 0.29) is 0 Å². The van der Waals surface area contributed by atoms with Crippen LogP contribution >= 0.6 is 0 Å². The minimum atomic E-state index is 0.785. The third kappa shape index (κ3) is 6.34. The monoisotopic (exact) mass is 379 g/mol. The second-order valence-electron chi connectivity index (χ2n) is 8.33. The van der Waals surface area contributed by atoms with E-state index >= 15 is 0 Å². The van der Waals surface area contributed by atoms with Crippen molar-refractivity contribution < 1.29 is 0 Å². The van der Waals surface area contributed by atoms with Crippen molar-refractivity contribution in [3.8, 4) is 0 Å². The minimum Gasteiger partial charge on any atom is -0.373 e. The van der Waals surface area contributed by atoms with Gasteiger partial charge in [-0.1, -0.05) is 37.3 Å². The summed E-state index contributed by atoms with van der Waals surface area (Å²) in [5.74, 6) is 1.71. The van der Waals surface area contributed by atoms with Crippen molar-refractivity contribution >= 4 is 5.70 Å². The topological polar surface area (TPSA) is 19.4 Å². The van der Waals surface area contributed by atoms with E-state index in [1.54, 1.807) is 0 Å². The highest BCUT2D eigenvalue weighted by molar-refractivity contribution is 5.62. The van der Waals surface area contributed by atoms with Crippen molar-refractivity contribution in [3.63, 3.8) is 0 Å². The SMILES string of the molecule is CC/C=C(/c1cccnc1)N(C)CCN1CCC(CCC2C=CC=CC2)CC1. The molecule has 1 atom stereocenters. The lowest BCUT2D eigenvalue weighted by Crippen LogP contribution is -2.38. The Bertz CT molecular complexity index is 654. The summed E-state index contributed by atoms with van der Waals surface area (Å²) in [5.41, 5.74) is 2.53. The zero-order valence-corrected chi connectivity index (χ0v) is 17.8. The normalized spacial score (nSPS) is 21.2. The van der Waals surface area contributed by atoms with Crippen LogP contribution in [0.25, 0.3) is 5.70 Å². The summed E-state index contributed by atoms with van der Waals surface area (Å²) in [6, 6.07) is 4.19. The van der Waals surface area contributed by atoms with Crippen LogP contribution in [0.2, 0.25) is 0 Å². The first kappa shape index (κ1) is 20.9. The quantitative estimate of drug-likeness (QED) is 0.573. The van der Waals surface area contributed by atoms with Gasteiger partial charge in [0.2, 0.25) is 0 Å². The Balaban J connectivity index is 1.39. The minimum absolute atomic E-state index is 0.785. The number of hydrogen-bond acceptors (Lipinski definition) is 3. The molecule has 0 radical (unpaired) electrons. The number of piperidine rings is 1. The van der Waals surface area contributed by atoms with Gasteiger partial charge in [-0.15, -0.1) is 0 Å². The van der Waals surface area contributed by atoms with E-state index in [1.165, 1.54) is 56.5 Å². The highest BCUT2D eigenvalue weighted by Gasteiger charge is 2.20. The molecule has 3 nitrogen and oxygen atoms in total. The van der Waals surface area contributed by atoms with E-state index in [9.17, 15) is 0 Å². The summed E-state index contributed by atoms with van der Waals surface area (Å²) < 4.78 is 0. The summed E-state index contributed by atoms with van der Waals surface area (Å²) in [6.45, 7) is 6.96. The maximum absolute atomic E-state index is 4.29. The Hall–Kier alpha value is -1.87. The van der Waals surface area contributed by atoms with Crippen LogP contribution in [-0.2, 0) is 0 Å². The van der Waals surface area contributed by atoms with E-state index in [1.807, 2.05) is 18.5 Å². The zero-order chi connectivity index (χ0) is 19.6. The summed E-state index contributed by atoms with van der Waals surface area (Å²) in [4.78, 5) is 9.35. The van der Waals surface area contributed by atoms with E-state index in [2.05, 4.69) is 65.2 Å². The maximum atomic E-state index is 4.29. The predicted octanol–water partition coefficient (Wildman–Crippen LogP) is 5.39. The zero-order valence-electron chi connectivity index (χ0n) is 17.8. The Morgan fingerprint density at radius 2 is 2.11 bits per heavy atom. The van der Waals surface area contributed by atoms with Crippen molar-refractivity contribution in [2.75, 3.05) is 33.2 Å². The fraction of sp³-hybridized carbons (Fsp3) is 0.560. The Labute approximate surface area is 171 Å². The molecule has 2 aliphatic rings. The maximum Gasteiger partial charge on any atom is 0.0412 e. The van der Waals surface area contributed by atoms with Gasteiger partial charge in [0, 0.05) is 43.8 Å². The van der Waals surface area contributed by atoms with Gasteiger partial charge in [-0.3, -0.25) is 4.98 Å². The molecule has 1 fully saturated rings. The summed E-state index contributed by atoms with van der Waals surface area (Å²) in [7, 11) is 2.22. The van der Waals surface area contributed by atoms with Crippen LogP contribution in [-0.4, -0.2) is 48.0 Å². The predicted molar refractivity (Wildman–Crippen MR) is 120 cm³/mol. The smallest absolute Gasteiger partial charge is 0.0412 e. The molecule has 0 saturated carbocycles. The first-order chi connectivity index (χ1) is 13.8. The van der Waals surface area contributed by atoms with Crippen LogP contribution in [0.5, 0.6) is 0 Å². The van der Waals surface area contributed by atoms with Gasteiger partial charge in [-0.25, -0.2) is 0 Å². The molecule has 1 aliphatic carbocycles. The second kappa shape index (κ2) is 11.2. The van der Waals surface area contributed by atoms with Crippen molar-refractivity contribution in [2.45, 2.75) is 45.4 Å². The molecule has 0 aromatic carbocycles. The molecule has 3 rings (SSSR count).